The monoisotopic (exact) mass is 281 g/mol. The smallest absolute Gasteiger partial charge is 0.112 e. The number of hydrogen-bond donors (Lipinski definition) is 0. The number of fused-ring (bicyclic) bond motifs is 3. The van der Waals surface area contributed by atoms with Gasteiger partial charge in [-0.2, -0.15) is 5.10 Å². The van der Waals surface area contributed by atoms with E-state index in [1.165, 1.54) is 11.1 Å². The Bertz CT molecular complexity index is 555. The van der Waals surface area contributed by atoms with E-state index in [2.05, 4.69) is 46.9 Å². The van der Waals surface area contributed by atoms with Gasteiger partial charge in [-0.15, -0.1) is 12.4 Å². The molecule has 2 aromatic rings. The van der Waals surface area contributed by atoms with Crippen molar-refractivity contribution in [2.75, 3.05) is 26.7 Å². The number of likely N-dealkylation sites (N-methyl/N-ethyl adjacent to an activating group) is 1. The van der Waals surface area contributed by atoms with E-state index in [-0.39, 0.29) is 18.5 Å². The van der Waals surface area contributed by atoms with Crippen molar-refractivity contribution in [3.8, 4) is 0 Å². The van der Waals surface area contributed by atoms with Crippen LogP contribution in [0, 0.1) is 0 Å². The zero-order valence-electron chi connectivity index (χ0n) is 11.4. The van der Waals surface area contributed by atoms with Gasteiger partial charge < -0.3 is 9.64 Å². The molecule has 3 rings (SSSR count). The number of aromatic nitrogens is 2. The summed E-state index contributed by atoms with van der Waals surface area (Å²) in [6.07, 6.45) is 0.135. The van der Waals surface area contributed by atoms with E-state index in [1.54, 1.807) is 0 Å². The lowest BCUT2D eigenvalue weighted by atomic mass is 10.1. The maximum Gasteiger partial charge on any atom is 0.112 e. The van der Waals surface area contributed by atoms with Crippen molar-refractivity contribution in [3.05, 3.63) is 30.0 Å². The molecule has 0 fully saturated rings. The molecule has 1 aromatic heterocycles. The first kappa shape index (κ1) is 14.3. The molecule has 0 amide bonds. The van der Waals surface area contributed by atoms with Gasteiger partial charge in [-0.1, -0.05) is 25.1 Å². The van der Waals surface area contributed by atoms with Gasteiger partial charge >= 0.3 is 0 Å². The van der Waals surface area contributed by atoms with Crippen molar-refractivity contribution in [3.63, 3.8) is 0 Å². The first-order valence-electron chi connectivity index (χ1n) is 6.55. The van der Waals surface area contributed by atoms with Crippen molar-refractivity contribution < 1.29 is 4.74 Å². The van der Waals surface area contributed by atoms with E-state index in [0.29, 0.717) is 0 Å². The first-order chi connectivity index (χ1) is 8.79. The molecule has 1 aromatic carbocycles. The largest absolute Gasteiger partial charge is 0.369 e. The normalized spacial score (nSPS) is 18.4. The van der Waals surface area contributed by atoms with Gasteiger partial charge in [0.2, 0.25) is 0 Å². The van der Waals surface area contributed by atoms with Crippen LogP contribution >= 0.6 is 12.4 Å². The van der Waals surface area contributed by atoms with E-state index in [4.69, 9.17) is 4.74 Å². The van der Waals surface area contributed by atoms with Crippen molar-refractivity contribution in [2.45, 2.75) is 19.6 Å². The molecule has 5 heteroatoms. The van der Waals surface area contributed by atoms with Crippen LogP contribution in [0.5, 0.6) is 0 Å². The predicted octanol–water partition coefficient (Wildman–Crippen LogP) is 2.48. The van der Waals surface area contributed by atoms with Crippen LogP contribution in [-0.4, -0.2) is 41.4 Å². The summed E-state index contributed by atoms with van der Waals surface area (Å²) in [5, 5.41) is 5.88. The summed E-state index contributed by atoms with van der Waals surface area (Å²) in [6.45, 7) is 5.73. The van der Waals surface area contributed by atoms with Gasteiger partial charge in [0.1, 0.15) is 6.10 Å². The lowest BCUT2D eigenvalue weighted by molar-refractivity contribution is 0.000555. The highest BCUT2D eigenvalue weighted by atomic mass is 35.5. The summed E-state index contributed by atoms with van der Waals surface area (Å²) in [4.78, 5) is 2.28. The molecule has 0 saturated carbocycles. The fourth-order valence-electron chi connectivity index (χ4n) is 2.52. The van der Waals surface area contributed by atoms with Gasteiger partial charge in [-0.05, 0) is 19.7 Å². The third-order valence-electron chi connectivity index (χ3n) is 3.63. The minimum atomic E-state index is 0. The molecular weight excluding hydrogens is 262 g/mol. The summed E-state index contributed by atoms with van der Waals surface area (Å²) in [7, 11) is 2.13. The molecule has 0 N–H and O–H groups in total. The Kier molecular flexibility index (Phi) is 4.45. The lowest BCUT2D eigenvalue weighted by Gasteiger charge is -2.28. The van der Waals surface area contributed by atoms with Crippen LogP contribution in [0.2, 0.25) is 0 Å². The maximum atomic E-state index is 5.94. The molecule has 0 radical (unpaired) electrons. The average Bonchev–Trinajstić information content (AvgIpc) is 2.78. The second kappa shape index (κ2) is 5.90. The van der Waals surface area contributed by atoms with Crippen LogP contribution in [0.15, 0.2) is 24.3 Å². The molecule has 1 unspecified atom stereocenters. The summed E-state index contributed by atoms with van der Waals surface area (Å²) >= 11 is 0. The summed E-state index contributed by atoms with van der Waals surface area (Å²) in [5.74, 6) is 0. The number of nitrogens with zero attached hydrogens (tertiary/aromatic N) is 3. The molecule has 19 heavy (non-hydrogen) atoms. The Balaban J connectivity index is 0.00000133. The minimum Gasteiger partial charge on any atom is -0.369 e. The first-order valence-corrected chi connectivity index (χ1v) is 6.55. The van der Waals surface area contributed by atoms with Crippen LogP contribution in [-0.2, 0) is 11.3 Å². The van der Waals surface area contributed by atoms with Crippen molar-refractivity contribution in [2.24, 2.45) is 0 Å². The number of halogens is 1. The highest BCUT2D eigenvalue weighted by molar-refractivity contribution is 5.85. The standard InChI is InChI=1S/C14H19N3O.ClH/c1-3-16(2)10-13-14-11-6-4-5-7-12(11)15-17(14)8-9-18-13;/h4-7,13H,3,8-10H2,1-2H3;1H. The van der Waals surface area contributed by atoms with Gasteiger partial charge in [0.15, 0.2) is 0 Å². The molecule has 104 valence electrons. The Hall–Kier alpha value is -1.10. The van der Waals surface area contributed by atoms with Gasteiger partial charge in [0.05, 0.1) is 24.4 Å². The van der Waals surface area contributed by atoms with Crippen molar-refractivity contribution in [1.29, 1.82) is 0 Å². The lowest BCUT2D eigenvalue weighted by Crippen LogP contribution is -2.31. The van der Waals surface area contributed by atoms with Crippen LogP contribution in [0.1, 0.15) is 18.7 Å². The Morgan fingerprint density at radius 2 is 2.21 bits per heavy atom. The number of ether oxygens (including phenoxy) is 1. The van der Waals surface area contributed by atoms with Crippen molar-refractivity contribution in [1.82, 2.24) is 14.7 Å². The van der Waals surface area contributed by atoms with Crippen LogP contribution in [0.3, 0.4) is 0 Å². The van der Waals surface area contributed by atoms with Gasteiger partial charge in [-0.25, -0.2) is 0 Å². The van der Waals surface area contributed by atoms with E-state index >= 15 is 0 Å². The molecule has 1 aliphatic rings. The molecular formula is C14H20ClN3O. The van der Waals surface area contributed by atoms with E-state index in [1.807, 2.05) is 6.07 Å². The molecule has 0 saturated heterocycles. The fraction of sp³-hybridized carbons (Fsp3) is 0.500. The topological polar surface area (TPSA) is 30.3 Å². The van der Waals surface area contributed by atoms with E-state index in [0.717, 1.165) is 31.8 Å². The van der Waals surface area contributed by atoms with Gasteiger partial charge in [0, 0.05) is 11.9 Å². The average molecular weight is 282 g/mol. The third kappa shape index (κ3) is 2.61. The number of rotatable bonds is 3. The molecule has 1 aliphatic heterocycles. The number of hydrogen-bond acceptors (Lipinski definition) is 3. The van der Waals surface area contributed by atoms with Crippen LogP contribution in [0.25, 0.3) is 10.9 Å². The summed E-state index contributed by atoms with van der Waals surface area (Å²) < 4.78 is 8.05. The molecule has 1 atom stereocenters. The van der Waals surface area contributed by atoms with E-state index in [9.17, 15) is 0 Å². The zero-order chi connectivity index (χ0) is 12.5. The zero-order valence-corrected chi connectivity index (χ0v) is 12.2. The van der Waals surface area contributed by atoms with Gasteiger partial charge in [0.25, 0.3) is 0 Å². The second-order valence-corrected chi connectivity index (χ2v) is 4.84. The van der Waals surface area contributed by atoms with Crippen LogP contribution < -0.4 is 0 Å². The minimum absolute atomic E-state index is 0. The Labute approximate surface area is 119 Å². The third-order valence-corrected chi connectivity index (χ3v) is 3.63. The quantitative estimate of drug-likeness (QED) is 0.866. The summed E-state index contributed by atoms with van der Waals surface area (Å²) in [5.41, 5.74) is 2.30. The molecule has 4 nitrogen and oxygen atoms in total. The van der Waals surface area contributed by atoms with Crippen molar-refractivity contribution >= 4 is 23.3 Å². The Morgan fingerprint density at radius 3 is 3.00 bits per heavy atom. The SMILES string of the molecule is CCN(C)CC1OCCn2nc3ccccc3c21.Cl. The number of benzene rings is 1. The molecule has 0 bridgehead atoms. The highest BCUT2D eigenvalue weighted by Crippen LogP contribution is 2.29. The second-order valence-electron chi connectivity index (χ2n) is 4.84. The molecule has 2 heterocycles. The fourth-order valence-corrected chi connectivity index (χ4v) is 2.52. The molecule has 0 aliphatic carbocycles. The maximum absolute atomic E-state index is 5.94. The predicted molar refractivity (Wildman–Crippen MR) is 78.8 cm³/mol. The summed E-state index contributed by atoms with van der Waals surface area (Å²) in [6, 6.07) is 8.32. The van der Waals surface area contributed by atoms with E-state index < -0.39 is 0 Å². The molecule has 0 spiro atoms. The highest BCUT2D eigenvalue weighted by Gasteiger charge is 2.25. The van der Waals surface area contributed by atoms with Crippen LogP contribution in [0.4, 0.5) is 0 Å². The Morgan fingerprint density at radius 1 is 1.42 bits per heavy atom. The van der Waals surface area contributed by atoms with Gasteiger partial charge in [-0.3, -0.25) is 4.68 Å².